The third-order valence-electron chi connectivity index (χ3n) is 2.78. The molecule has 6 nitrogen and oxygen atoms in total. The van der Waals surface area contributed by atoms with Gasteiger partial charge in [0, 0.05) is 25.4 Å². The smallest absolute Gasteiger partial charge is 0.257 e. The number of hydrogen-bond acceptors (Lipinski definition) is 7. The van der Waals surface area contributed by atoms with Crippen molar-refractivity contribution in [2.45, 2.75) is 6.10 Å². The lowest BCUT2D eigenvalue weighted by Crippen LogP contribution is -2.14. The molecule has 3 heterocycles. The molecule has 0 spiro atoms. The van der Waals surface area contributed by atoms with Crippen molar-refractivity contribution in [3.63, 3.8) is 0 Å². The van der Waals surface area contributed by atoms with Crippen LogP contribution in [0.3, 0.4) is 0 Å². The van der Waals surface area contributed by atoms with Gasteiger partial charge in [0.2, 0.25) is 5.82 Å². The van der Waals surface area contributed by atoms with Crippen molar-refractivity contribution in [3.05, 3.63) is 29.6 Å². The Labute approximate surface area is 113 Å². The highest BCUT2D eigenvalue weighted by Crippen LogP contribution is 2.25. The molecule has 0 aliphatic rings. The molecule has 98 valence electrons. The maximum Gasteiger partial charge on any atom is 0.257 e. The zero-order chi connectivity index (χ0) is 13.2. The fraction of sp³-hybridized carbons (Fsp3) is 0.250. The first-order chi connectivity index (χ1) is 9.31. The quantitative estimate of drug-likeness (QED) is 0.784. The van der Waals surface area contributed by atoms with Crippen LogP contribution in [0.2, 0.25) is 0 Å². The van der Waals surface area contributed by atoms with Gasteiger partial charge in [-0.1, -0.05) is 5.16 Å². The molecule has 0 fully saturated rings. The maximum absolute atomic E-state index is 5.56. The van der Waals surface area contributed by atoms with E-state index in [1.165, 1.54) is 0 Å². The lowest BCUT2D eigenvalue weighted by atomic mass is 10.2. The van der Waals surface area contributed by atoms with Crippen molar-refractivity contribution in [1.29, 1.82) is 0 Å². The fourth-order valence-corrected chi connectivity index (χ4v) is 2.53. The number of rotatable bonds is 4. The summed E-state index contributed by atoms with van der Waals surface area (Å²) < 4.78 is 11.4. The number of nitrogens with two attached hydrogens (primary N) is 1. The van der Waals surface area contributed by atoms with Crippen LogP contribution in [0.15, 0.2) is 28.2 Å². The molecule has 3 rings (SSSR count). The van der Waals surface area contributed by atoms with Crippen molar-refractivity contribution in [3.8, 4) is 11.4 Å². The van der Waals surface area contributed by atoms with E-state index in [2.05, 4.69) is 15.1 Å². The molecule has 0 radical (unpaired) electrons. The molecule has 1 atom stereocenters. The second-order valence-electron chi connectivity index (χ2n) is 3.94. The van der Waals surface area contributed by atoms with Crippen molar-refractivity contribution >= 4 is 21.6 Å². The van der Waals surface area contributed by atoms with Gasteiger partial charge in [0.15, 0.2) is 0 Å². The molecule has 0 amide bonds. The number of thiophene rings is 1. The molecule has 7 heteroatoms. The van der Waals surface area contributed by atoms with Crippen LogP contribution in [0, 0.1) is 0 Å². The van der Waals surface area contributed by atoms with Crippen LogP contribution >= 0.6 is 11.3 Å². The van der Waals surface area contributed by atoms with Crippen molar-refractivity contribution in [2.75, 3.05) is 13.7 Å². The summed E-state index contributed by atoms with van der Waals surface area (Å²) in [6.07, 6.45) is 1.35. The number of hydrogen-bond donors (Lipinski definition) is 1. The Hall–Kier alpha value is -1.83. The highest BCUT2D eigenvalue weighted by atomic mass is 32.1. The summed E-state index contributed by atoms with van der Waals surface area (Å²) in [6, 6.07) is 3.96. The average molecular weight is 276 g/mol. The Morgan fingerprint density at radius 1 is 1.53 bits per heavy atom. The van der Waals surface area contributed by atoms with Gasteiger partial charge in [-0.05, 0) is 17.5 Å². The van der Waals surface area contributed by atoms with Crippen LogP contribution in [0.5, 0.6) is 0 Å². The monoisotopic (exact) mass is 276 g/mol. The molecule has 2 N–H and O–H groups in total. The molecule has 1 unspecified atom stereocenters. The Balaban J connectivity index is 1.97. The van der Waals surface area contributed by atoms with Crippen LogP contribution in [0.1, 0.15) is 12.0 Å². The van der Waals surface area contributed by atoms with E-state index in [1.807, 2.05) is 17.5 Å². The van der Waals surface area contributed by atoms with Gasteiger partial charge < -0.3 is 15.0 Å². The minimum Gasteiger partial charge on any atom is -0.370 e. The maximum atomic E-state index is 5.56. The van der Waals surface area contributed by atoms with E-state index >= 15 is 0 Å². The van der Waals surface area contributed by atoms with Gasteiger partial charge in [0.1, 0.15) is 6.10 Å². The summed E-state index contributed by atoms with van der Waals surface area (Å²) >= 11 is 1.62. The minimum atomic E-state index is -0.375. The molecule has 0 saturated carbocycles. The van der Waals surface area contributed by atoms with Crippen LogP contribution in [0.4, 0.5) is 0 Å². The summed E-state index contributed by atoms with van der Waals surface area (Å²) in [6.45, 7) is 0.292. The summed E-state index contributed by atoms with van der Waals surface area (Å²) in [5.41, 5.74) is 7.34. The zero-order valence-corrected chi connectivity index (χ0v) is 11.1. The first-order valence-electron chi connectivity index (χ1n) is 5.72. The number of fused-ring (bicyclic) bond motifs is 1. The summed E-state index contributed by atoms with van der Waals surface area (Å²) in [4.78, 5) is 8.64. The molecule has 19 heavy (non-hydrogen) atoms. The largest absolute Gasteiger partial charge is 0.370 e. The fourth-order valence-electron chi connectivity index (χ4n) is 1.75. The van der Waals surface area contributed by atoms with E-state index in [-0.39, 0.29) is 6.10 Å². The molecule has 3 aromatic heterocycles. The van der Waals surface area contributed by atoms with E-state index in [1.54, 1.807) is 24.6 Å². The topological polar surface area (TPSA) is 87.1 Å². The van der Waals surface area contributed by atoms with Crippen LogP contribution in [-0.2, 0) is 4.74 Å². The highest BCUT2D eigenvalue weighted by Gasteiger charge is 2.17. The predicted molar refractivity (Wildman–Crippen MR) is 71.7 cm³/mol. The van der Waals surface area contributed by atoms with Gasteiger partial charge >= 0.3 is 0 Å². The summed E-state index contributed by atoms with van der Waals surface area (Å²) in [5.74, 6) is 0.875. The molecule has 0 bridgehead atoms. The van der Waals surface area contributed by atoms with E-state index in [9.17, 15) is 0 Å². The minimum absolute atomic E-state index is 0.292. The summed E-state index contributed by atoms with van der Waals surface area (Å²) in [7, 11) is 1.56. The normalized spacial score (nSPS) is 12.9. The van der Waals surface area contributed by atoms with E-state index < -0.39 is 0 Å². The Bertz CT molecular complexity index is 690. The molecule has 0 aromatic carbocycles. The van der Waals surface area contributed by atoms with Crippen molar-refractivity contribution in [1.82, 2.24) is 15.1 Å². The van der Waals surface area contributed by atoms with E-state index in [0.717, 1.165) is 15.8 Å². The third-order valence-corrected chi connectivity index (χ3v) is 3.63. The van der Waals surface area contributed by atoms with Gasteiger partial charge in [-0.15, -0.1) is 11.3 Å². The second-order valence-corrected chi connectivity index (χ2v) is 4.89. The SMILES string of the molecule is COC(CN)c1nc(-c2cnc3ccsc3c2)no1. The first kappa shape index (κ1) is 12.2. The third kappa shape index (κ3) is 2.23. The second kappa shape index (κ2) is 5.04. The number of pyridine rings is 1. The van der Waals surface area contributed by atoms with E-state index in [0.29, 0.717) is 18.3 Å². The molecule has 3 aromatic rings. The predicted octanol–water partition coefficient (Wildman–Crippen LogP) is 1.99. The zero-order valence-electron chi connectivity index (χ0n) is 10.2. The number of nitrogens with zero attached hydrogens (tertiary/aromatic N) is 3. The Morgan fingerprint density at radius 3 is 3.21 bits per heavy atom. The van der Waals surface area contributed by atoms with Gasteiger partial charge in [-0.3, -0.25) is 4.98 Å². The van der Waals surface area contributed by atoms with Crippen molar-refractivity contribution in [2.24, 2.45) is 5.73 Å². The van der Waals surface area contributed by atoms with E-state index in [4.69, 9.17) is 15.0 Å². The lowest BCUT2D eigenvalue weighted by molar-refractivity contribution is 0.0804. The van der Waals surface area contributed by atoms with Gasteiger partial charge in [0.25, 0.3) is 5.89 Å². The number of methoxy groups -OCH3 is 1. The number of aromatic nitrogens is 3. The first-order valence-corrected chi connectivity index (χ1v) is 6.60. The standard InChI is InChI=1S/C12H12N4O2S/c1-17-9(5-13)12-15-11(16-18-12)7-4-10-8(14-6-7)2-3-19-10/h2-4,6,9H,5,13H2,1H3. The van der Waals surface area contributed by atoms with Crippen LogP contribution in [0.25, 0.3) is 21.6 Å². The van der Waals surface area contributed by atoms with Crippen LogP contribution in [-0.4, -0.2) is 28.8 Å². The highest BCUT2D eigenvalue weighted by molar-refractivity contribution is 7.17. The summed E-state index contributed by atoms with van der Waals surface area (Å²) in [5, 5.41) is 5.94. The molecule has 0 saturated heterocycles. The molecular formula is C12H12N4O2S. The Kier molecular flexibility index (Phi) is 3.24. The van der Waals surface area contributed by atoms with Gasteiger partial charge in [-0.25, -0.2) is 0 Å². The van der Waals surface area contributed by atoms with Gasteiger partial charge in [0.05, 0.1) is 10.2 Å². The molecule has 0 aliphatic carbocycles. The van der Waals surface area contributed by atoms with Crippen LogP contribution < -0.4 is 5.73 Å². The van der Waals surface area contributed by atoms with Gasteiger partial charge in [-0.2, -0.15) is 4.98 Å². The van der Waals surface area contributed by atoms with Crippen molar-refractivity contribution < 1.29 is 9.26 Å². The Morgan fingerprint density at radius 2 is 2.42 bits per heavy atom. The average Bonchev–Trinajstić information content (AvgIpc) is 3.08. The molecule has 0 aliphatic heterocycles. The molecular weight excluding hydrogens is 264 g/mol. The number of ether oxygens (including phenoxy) is 1. The lowest BCUT2D eigenvalue weighted by Gasteiger charge is -2.05.